The Kier molecular flexibility index (Phi) is 3.30. The van der Waals surface area contributed by atoms with Gasteiger partial charge in [-0.2, -0.15) is 0 Å². The van der Waals surface area contributed by atoms with E-state index in [0.717, 1.165) is 31.6 Å². The number of likely N-dealkylation sites (N-methyl/N-ethyl adjacent to an activating group) is 1. The number of aromatic hydroxyl groups is 1. The second kappa shape index (κ2) is 4.98. The lowest BCUT2D eigenvalue weighted by Gasteiger charge is -2.46. The molecule has 2 fully saturated rings. The molecule has 0 aromatic heterocycles. The highest BCUT2D eigenvalue weighted by molar-refractivity contribution is 5.78. The van der Waals surface area contributed by atoms with Gasteiger partial charge in [-0.1, -0.05) is 0 Å². The van der Waals surface area contributed by atoms with Crippen LogP contribution in [0, 0.1) is 0 Å². The van der Waals surface area contributed by atoms with Crippen molar-refractivity contribution in [1.29, 1.82) is 0 Å². The predicted molar refractivity (Wildman–Crippen MR) is 75.9 cm³/mol. The maximum absolute atomic E-state index is 11.5. The fraction of sp³-hybridized carbons (Fsp3) is 0.533. The Morgan fingerprint density at radius 3 is 2.45 bits per heavy atom. The van der Waals surface area contributed by atoms with E-state index in [1.165, 1.54) is 0 Å². The van der Waals surface area contributed by atoms with E-state index in [4.69, 9.17) is 4.74 Å². The second-order valence-corrected chi connectivity index (χ2v) is 5.72. The lowest BCUT2D eigenvalue weighted by atomic mass is 9.89. The zero-order chi connectivity index (χ0) is 14.2. The minimum atomic E-state index is -0.171. The first-order chi connectivity index (χ1) is 9.58. The summed E-state index contributed by atoms with van der Waals surface area (Å²) in [6, 6.07) is 7.29. The summed E-state index contributed by atoms with van der Waals surface area (Å²) in [6.45, 7) is 2.71. The Balaban J connectivity index is 1.64. The summed E-state index contributed by atoms with van der Waals surface area (Å²) >= 11 is 0. The van der Waals surface area contributed by atoms with Crippen LogP contribution in [-0.4, -0.2) is 54.8 Å². The zero-order valence-electron chi connectivity index (χ0n) is 11.7. The number of phenols is 1. The predicted octanol–water partition coefficient (Wildman–Crippen LogP) is 1.22. The summed E-state index contributed by atoms with van der Waals surface area (Å²) in [7, 11) is 1.85. The molecule has 3 rings (SSSR count). The summed E-state index contributed by atoms with van der Waals surface area (Å²) in [4.78, 5) is 15.6. The Labute approximate surface area is 118 Å². The first-order valence-electron chi connectivity index (χ1n) is 7.00. The van der Waals surface area contributed by atoms with Gasteiger partial charge in [0, 0.05) is 32.4 Å². The van der Waals surface area contributed by atoms with Gasteiger partial charge in [0.25, 0.3) is 0 Å². The molecule has 1 aromatic rings. The van der Waals surface area contributed by atoms with Crippen LogP contribution in [-0.2, 0) is 9.53 Å². The van der Waals surface area contributed by atoms with E-state index in [9.17, 15) is 9.90 Å². The van der Waals surface area contributed by atoms with E-state index in [1.54, 1.807) is 17.0 Å². The van der Waals surface area contributed by atoms with E-state index in [1.807, 2.05) is 19.2 Å². The highest BCUT2D eigenvalue weighted by Gasteiger charge is 2.41. The molecule has 0 saturated carbocycles. The maximum Gasteiger partial charge on any atom is 0.248 e. The molecule has 2 aliphatic heterocycles. The van der Waals surface area contributed by atoms with Crippen molar-refractivity contribution in [3.05, 3.63) is 24.3 Å². The number of nitrogens with zero attached hydrogens (tertiary/aromatic N) is 2. The highest BCUT2D eigenvalue weighted by Crippen LogP contribution is 2.32. The van der Waals surface area contributed by atoms with Crippen LogP contribution in [0.5, 0.6) is 5.75 Å². The van der Waals surface area contributed by atoms with Gasteiger partial charge in [0.1, 0.15) is 12.4 Å². The summed E-state index contributed by atoms with van der Waals surface area (Å²) in [5.41, 5.74) is 0.952. The average Bonchev–Trinajstić information content (AvgIpc) is 2.46. The largest absolute Gasteiger partial charge is 0.508 e. The minimum Gasteiger partial charge on any atom is -0.508 e. The Morgan fingerprint density at radius 1 is 1.20 bits per heavy atom. The Bertz CT molecular complexity index is 492. The van der Waals surface area contributed by atoms with Gasteiger partial charge in [0.05, 0.1) is 5.60 Å². The van der Waals surface area contributed by atoms with Crippen molar-refractivity contribution in [2.24, 2.45) is 0 Å². The average molecular weight is 276 g/mol. The number of anilines is 1. The number of carbonyl (C=O) groups excluding carboxylic acids is 1. The summed E-state index contributed by atoms with van der Waals surface area (Å²) in [5, 5.41) is 9.33. The Hall–Kier alpha value is -1.75. The molecule has 0 atom stereocenters. The number of benzene rings is 1. The van der Waals surface area contributed by atoms with Crippen molar-refractivity contribution in [2.75, 3.05) is 38.2 Å². The van der Waals surface area contributed by atoms with Crippen LogP contribution in [0.1, 0.15) is 12.8 Å². The van der Waals surface area contributed by atoms with Crippen LogP contribution in [0.4, 0.5) is 5.69 Å². The van der Waals surface area contributed by atoms with E-state index in [-0.39, 0.29) is 23.9 Å². The van der Waals surface area contributed by atoms with E-state index >= 15 is 0 Å². The van der Waals surface area contributed by atoms with E-state index in [2.05, 4.69) is 4.90 Å². The molecular weight excluding hydrogens is 256 g/mol. The molecule has 0 unspecified atom stereocenters. The van der Waals surface area contributed by atoms with Gasteiger partial charge >= 0.3 is 0 Å². The molecule has 2 aliphatic rings. The van der Waals surface area contributed by atoms with Crippen LogP contribution < -0.4 is 4.90 Å². The quantitative estimate of drug-likeness (QED) is 0.838. The molecule has 0 radical (unpaired) electrons. The van der Waals surface area contributed by atoms with Crippen molar-refractivity contribution >= 4 is 11.6 Å². The number of piperidine rings is 1. The number of ether oxygens (including phenoxy) is 1. The molecule has 5 nitrogen and oxygen atoms in total. The second-order valence-electron chi connectivity index (χ2n) is 5.72. The van der Waals surface area contributed by atoms with E-state index < -0.39 is 0 Å². The molecule has 0 bridgehead atoms. The van der Waals surface area contributed by atoms with Crippen LogP contribution in [0.25, 0.3) is 0 Å². The molecule has 1 spiro atoms. The first-order valence-corrected chi connectivity index (χ1v) is 7.00. The van der Waals surface area contributed by atoms with Crippen LogP contribution in [0.2, 0.25) is 0 Å². The van der Waals surface area contributed by atoms with Crippen LogP contribution in [0.15, 0.2) is 24.3 Å². The summed E-state index contributed by atoms with van der Waals surface area (Å²) in [5.74, 6) is 0.356. The molecule has 2 saturated heterocycles. The fourth-order valence-electron chi connectivity index (χ4n) is 3.03. The molecule has 0 aliphatic carbocycles. The molecule has 5 heteroatoms. The zero-order valence-corrected chi connectivity index (χ0v) is 11.7. The number of amides is 1. The Morgan fingerprint density at radius 2 is 1.85 bits per heavy atom. The highest BCUT2D eigenvalue weighted by atomic mass is 16.5. The SMILES string of the molecule is CN1CC2(CCN(c3ccc(O)cc3)CC2)OCC1=O. The van der Waals surface area contributed by atoms with Crippen LogP contribution >= 0.6 is 0 Å². The topological polar surface area (TPSA) is 53.0 Å². The molecule has 2 heterocycles. The summed E-state index contributed by atoms with van der Waals surface area (Å²) in [6.07, 6.45) is 1.84. The van der Waals surface area contributed by atoms with Gasteiger partial charge in [-0.25, -0.2) is 0 Å². The van der Waals surface area contributed by atoms with Gasteiger partial charge in [-0.3, -0.25) is 4.79 Å². The monoisotopic (exact) mass is 276 g/mol. The number of hydrogen-bond acceptors (Lipinski definition) is 4. The lowest BCUT2D eigenvalue weighted by Crippen LogP contribution is -2.57. The van der Waals surface area contributed by atoms with Crippen LogP contribution in [0.3, 0.4) is 0 Å². The molecule has 108 valence electrons. The van der Waals surface area contributed by atoms with Gasteiger partial charge in [-0.05, 0) is 37.1 Å². The molecule has 1 N–H and O–H groups in total. The third-order valence-corrected chi connectivity index (χ3v) is 4.34. The van der Waals surface area contributed by atoms with Gasteiger partial charge in [0.2, 0.25) is 5.91 Å². The van der Waals surface area contributed by atoms with Crippen molar-refractivity contribution < 1.29 is 14.6 Å². The molecule has 20 heavy (non-hydrogen) atoms. The molecule has 1 aromatic carbocycles. The first kappa shape index (κ1) is 13.2. The fourth-order valence-corrected chi connectivity index (χ4v) is 3.03. The van der Waals surface area contributed by atoms with Crippen molar-refractivity contribution in [1.82, 2.24) is 4.90 Å². The third kappa shape index (κ3) is 2.45. The van der Waals surface area contributed by atoms with Crippen molar-refractivity contribution in [3.8, 4) is 5.75 Å². The van der Waals surface area contributed by atoms with Crippen molar-refractivity contribution in [2.45, 2.75) is 18.4 Å². The molecular formula is C15H20N2O3. The third-order valence-electron chi connectivity index (χ3n) is 4.34. The molecule has 1 amide bonds. The minimum absolute atomic E-state index is 0.0663. The van der Waals surface area contributed by atoms with Crippen molar-refractivity contribution in [3.63, 3.8) is 0 Å². The number of carbonyl (C=O) groups is 1. The maximum atomic E-state index is 11.5. The summed E-state index contributed by atoms with van der Waals surface area (Å²) < 4.78 is 5.83. The lowest BCUT2D eigenvalue weighted by molar-refractivity contribution is -0.164. The van der Waals surface area contributed by atoms with Gasteiger partial charge < -0.3 is 19.6 Å². The number of rotatable bonds is 1. The van der Waals surface area contributed by atoms with Gasteiger partial charge in [0.15, 0.2) is 0 Å². The smallest absolute Gasteiger partial charge is 0.248 e. The van der Waals surface area contributed by atoms with E-state index in [0.29, 0.717) is 6.54 Å². The number of hydrogen-bond donors (Lipinski definition) is 1. The number of phenolic OH excluding ortho intramolecular Hbond substituents is 1. The van der Waals surface area contributed by atoms with Gasteiger partial charge in [-0.15, -0.1) is 0 Å². The number of morpholine rings is 1. The standard InChI is InChI=1S/C15H20N2O3/c1-16-11-15(20-10-14(16)19)6-8-17(9-7-15)12-2-4-13(18)5-3-12/h2-5,18H,6-11H2,1H3. The normalized spacial score (nSPS) is 22.4.